The van der Waals surface area contributed by atoms with Gasteiger partial charge in [-0.05, 0) is 68.6 Å². The highest BCUT2D eigenvalue weighted by Crippen LogP contribution is 2.32. The van der Waals surface area contributed by atoms with Crippen LogP contribution in [0.3, 0.4) is 0 Å². The molecule has 0 spiro atoms. The summed E-state index contributed by atoms with van der Waals surface area (Å²) < 4.78 is 22.1. The van der Waals surface area contributed by atoms with Crippen molar-refractivity contribution in [3.05, 3.63) is 75.3 Å². The maximum atomic E-state index is 13.4. The van der Waals surface area contributed by atoms with E-state index >= 15 is 0 Å². The van der Waals surface area contributed by atoms with Crippen molar-refractivity contribution in [1.82, 2.24) is 4.90 Å². The number of hydrogen-bond donors (Lipinski definition) is 0. The van der Waals surface area contributed by atoms with Gasteiger partial charge in [0.15, 0.2) is 11.5 Å². The van der Waals surface area contributed by atoms with Crippen LogP contribution < -0.4 is 9.47 Å². The highest BCUT2D eigenvalue weighted by Gasteiger charge is 2.24. The maximum Gasteiger partial charge on any atom is 0.344 e. The Kier molecular flexibility index (Phi) is 18.6. The summed E-state index contributed by atoms with van der Waals surface area (Å²) in [7, 11) is 1.43. The van der Waals surface area contributed by atoms with E-state index in [2.05, 4.69) is 4.84 Å². The minimum Gasteiger partial charge on any atom is -0.493 e. The van der Waals surface area contributed by atoms with E-state index < -0.39 is 23.1 Å². The van der Waals surface area contributed by atoms with Gasteiger partial charge in [0.05, 0.1) is 32.4 Å². The first-order valence-electron chi connectivity index (χ1n) is 14.7. The second kappa shape index (κ2) is 21.5. The first-order valence-corrected chi connectivity index (χ1v) is 14.7. The summed E-state index contributed by atoms with van der Waals surface area (Å²) in [6.07, 6.45) is 5.21. The van der Waals surface area contributed by atoms with Gasteiger partial charge < -0.3 is 23.8 Å². The topological polar surface area (TPSA) is 144 Å². The van der Waals surface area contributed by atoms with Crippen LogP contribution in [0.15, 0.2) is 48.5 Å². The van der Waals surface area contributed by atoms with Crippen molar-refractivity contribution in [3.63, 3.8) is 0 Å². The minimum atomic E-state index is -0.868. The molecular weight excluding hydrogens is 608 g/mol. The number of ether oxygens (including phenoxy) is 4. The standard InChI is InChI=1S/C32H42N2O10.ClH/c1-5-8-15-27(43-31(36)23-33(6-2)7-3)25-13-9-10-14-26(25)32(37)44-28-18-16-24(22-29(28)40-4)17-19-30(35)41-20-11-12-21-42-34(38)39;/h9-10,13-14,16-19,22,27H,5-8,11-12,15,20-21,23H2,1-4H3;1H/b19-17+;. The number of hydrogen-bond acceptors (Lipinski definition) is 11. The van der Waals surface area contributed by atoms with Crippen LogP contribution in [0.2, 0.25) is 0 Å². The Balaban J connectivity index is 0.0000101. The first-order chi connectivity index (χ1) is 21.2. The normalized spacial score (nSPS) is 11.4. The second-order valence-corrected chi connectivity index (χ2v) is 9.73. The summed E-state index contributed by atoms with van der Waals surface area (Å²) in [5.74, 6) is -1.12. The number of carbonyl (C=O) groups excluding carboxylic acids is 3. The summed E-state index contributed by atoms with van der Waals surface area (Å²) >= 11 is 0. The molecule has 0 heterocycles. The van der Waals surface area contributed by atoms with Crippen molar-refractivity contribution in [2.75, 3.05) is 40.0 Å². The number of methoxy groups -OCH3 is 1. The zero-order valence-electron chi connectivity index (χ0n) is 26.2. The molecule has 2 aromatic rings. The molecule has 0 bridgehead atoms. The number of halogens is 1. The number of likely N-dealkylation sites (N-methyl/N-ethyl adjacent to an activating group) is 1. The summed E-state index contributed by atoms with van der Waals surface area (Å²) in [4.78, 5) is 54.4. The lowest BCUT2D eigenvalue weighted by Gasteiger charge is -2.23. The van der Waals surface area contributed by atoms with Crippen LogP contribution >= 0.6 is 12.4 Å². The van der Waals surface area contributed by atoms with E-state index in [9.17, 15) is 24.5 Å². The molecule has 0 fully saturated rings. The molecule has 0 aliphatic heterocycles. The molecule has 0 saturated heterocycles. The molecule has 2 rings (SSSR count). The van der Waals surface area contributed by atoms with E-state index in [0.29, 0.717) is 30.4 Å². The molecule has 0 aromatic heterocycles. The van der Waals surface area contributed by atoms with E-state index in [1.807, 2.05) is 25.7 Å². The zero-order chi connectivity index (χ0) is 32.3. The van der Waals surface area contributed by atoms with Crippen LogP contribution in [-0.4, -0.2) is 67.9 Å². The van der Waals surface area contributed by atoms with E-state index in [4.69, 9.17) is 18.9 Å². The number of benzene rings is 2. The predicted molar refractivity (Wildman–Crippen MR) is 170 cm³/mol. The van der Waals surface area contributed by atoms with Crippen LogP contribution in [0.25, 0.3) is 6.08 Å². The van der Waals surface area contributed by atoms with Crippen LogP contribution in [-0.2, 0) is 23.9 Å². The molecule has 0 saturated carbocycles. The molecule has 13 heteroatoms. The van der Waals surface area contributed by atoms with Gasteiger partial charge >= 0.3 is 17.9 Å². The van der Waals surface area contributed by atoms with Gasteiger partial charge in [0, 0.05) is 11.6 Å². The van der Waals surface area contributed by atoms with Crippen LogP contribution in [0, 0.1) is 10.1 Å². The monoisotopic (exact) mass is 650 g/mol. The van der Waals surface area contributed by atoms with E-state index in [0.717, 1.165) is 25.9 Å². The molecule has 0 aliphatic carbocycles. The molecular formula is C32H43ClN2O10. The lowest BCUT2D eigenvalue weighted by atomic mass is 9.98. The Bertz CT molecular complexity index is 1270. The quantitative estimate of drug-likeness (QED) is 0.0416. The van der Waals surface area contributed by atoms with Gasteiger partial charge in [0.2, 0.25) is 0 Å². The number of rotatable bonds is 20. The SMILES string of the molecule is CCCCC(OC(=O)CN(CC)CC)c1ccccc1C(=O)Oc1ccc(/C=C/C(=O)OCCCCO[N+](=O)[O-])cc1OC.Cl. The number of esters is 3. The van der Waals surface area contributed by atoms with Crippen molar-refractivity contribution in [2.24, 2.45) is 0 Å². The Labute approximate surface area is 270 Å². The lowest BCUT2D eigenvalue weighted by Crippen LogP contribution is -2.31. The van der Waals surface area contributed by atoms with Gasteiger partial charge in [-0.2, -0.15) is 0 Å². The summed E-state index contributed by atoms with van der Waals surface area (Å²) in [6, 6.07) is 11.7. The van der Waals surface area contributed by atoms with Gasteiger partial charge in [-0.3, -0.25) is 9.69 Å². The van der Waals surface area contributed by atoms with Gasteiger partial charge in [-0.25, -0.2) is 9.59 Å². The van der Waals surface area contributed by atoms with Crippen molar-refractivity contribution in [3.8, 4) is 11.5 Å². The first kappa shape index (κ1) is 38.9. The number of nitrogens with zero attached hydrogens (tertiary/aromatic N) is 2. The number of unbranched alkanes of at least 4 members (excludes halogenated alkanes) is 2. The zero-order valence-corrected chi connectivity index (χ0v) is 27.0. The third-order valence-electron chi connectivity index (χ3n) is 6.65. The largest absolute Gasteiger partial charge is 0.493 e. The molecule has 1 atom stereocenters. The summed E-state index contributed by atoms with van der Waals surface area (Å²) in [6.45, 7) is 7.65. The number of carbonyl (C=O) groups is 3. The second-order valence-electron chi connectivity index (χ2n) is 9.73. The fourth-order valence-electron chi connectivity index (χ4n) is 4.21. The van der Waals surface area contributed by atoms with E-state index in [-0.39, 0.29) is 55.2 Å². The summed E-state index contributed by atoms with van der Waals surface area (Å²) in [5, 5.41) is 9.26. The maximum absolute atomic E-state index is 13.4. The van der Waals surface area contributed by atoms with E-state index in [1.54, 1.807) is 42.5 Å². The van der Waals surface area contributed by atoms with Crippen molar-refractivity contribution in [1.29, 1.82) is 0 Å². The van der Waals surface area contributed by atoms with Gasteiger partial charge in [-0.15, -0.1) is 22.5 Å². The Morgan fingerprint density at radius 1 is 0.978 bits per heavy atom. The molecule has 12 nitrogen and oxygen atoms in total. The summed E-state index contributed by atoms with van der Waals surface area (Å²) in [5.41, 5.74) is 1.45. The highest BCUT2D eigenvalue weighted by molar-refractivity contribution is 5.93. The van der Waals surface area contributed by atoms with Gasteiger partial charge in [0.1, 0.15) is 6.10 Å². The smallest absolute Gasteiger partial charge is 0.344 e. The third-order valence-corrected chi connectivity index (χ3v) is 6.65. The van der Waals surface area contributed by atoms with Gasteiger partial charge in [0.25, 0.3) is 5.09 Å². The lowest BCUT2D eigenvalue weighted by molar-refractivity contribution is -0.757. The van der Waals surface area contributed by atoms with Gasteiger partial charge in [-0.1, -0.05) is 51.5 Å². The fraction of sp³-hybridized carbons (Fsp3) is 0.469. The molecule has 248 valence electrons. The highest BCUT2D eigenvalue weighted by atomic mass is 35.5. The molecule has 2 aromatic carbocycles. The predicted octanol–water partition coefficient (Wildman–Crippen LogP) is 6.00. The Hall–Kier alpha value is -4.16. The van der Waals surface area contributed by atoms with Crippen molar-refractivity contribution in [2.45, 2.75) is 59.0 Å². The Morgan fingerprint density at radius 2 is 1.69 bits per heavy atom. The average Bonchev–Trinajstić information content (AvgIpc) is 3.02. The third kappa shape index (κ3) is 14.0. The fourth-order valence-corrected chi connectivity index (χ4v) is 4.21. The van der Waals surface area contributed by atoms with E-state index in [1.165, 1.54) is 19.3 Å². The van der Waals surface area contributed by atoms with Crippen molar-refractivity contribution >= 4 is 36.4 Å². The molecule has 45 heavy (non-hydrogen) atoms. The molecule has 0 aliphatic rings. The Morgan fingerprint density at radius 3 is 2.36 bits per heavy atom. The minimum absolute atomic E-state index is 0. The average molecular weight is 651 g/mol. The molecule has 0 radical (unpaired) electrons. The van der Waals surface area contributed by atoms with Crippen molar-refractivity contribution < 1.29 is 43.3 Å². The van der Waals surface area contributed by atoms with Crippen LogP contribution in [0.4, 0.5) is 0 Å². The molecule has 1 unspecified atom stereocenters. The molecule has 0 amide bonds. The molecule has 0 N–H and O–H groups in total. The van der Waals surface area contributed by atoms with Crippen LogP contribution in [0.1, 0.15) is 80.5 Å². The van der Waals surface area contributed by atoms with Crippen LogP contribution in [0.5, 0.6) is 11.5 Å².